The first kappa shape index (κ1) is 77.6. The molecule has 6 nitrogen and oxygen atoms in total. The summed E-state index contributed by atoms with van der Waals surface area (Å²) in [5.41, 5.74) is 0. The van der Waals surface area contributed by atoms with Crippen LogP contribution < -0.4 is 5.32 Å². The van der Waals surface area contributed by atoms with Crippen molar-refractivity contribution in [1.82, 2.24) is 5.32 Å². The molecule has 0 rings (SSSR count). The average Bonchev–Trinajstić information content (AvgIpc) is 3.45. The molecule has 0 radical (unpaired) electrons. The van der Waals surface area contributed by atoms with Crippen LogP contribution in [-0.2, 0) is 14.3 Å². The highest BCUT2D eigenvalue weighted by Crippen LogP contribution is 2.19. The van der Waals surface area contributed by atoms with Gasteiger partial charge in [0.15, 0.2) is 0 Å². The van der Waals surface area contributed by atoms with E-state index < -0.39 is 12.1 Å². The molecule has 0 aromatic carbocycles. The summed E-state index contributed by atoms with van der Waals surface area (Å²) in [5.74, 6) is -0.00599. The van der Waals surface area contributed by atoms with E-state index in [1.807, 2.05) is 0 Å². The standard InChI is InChI=1S/C73H143NO5/c1-3-5-7-9-11-13-15-16-42-46-49-53-57-61-65-71(76)70(69-75)74-72(77)66-62-58-54-50-47-43-40-38-36-34-32-30-28-26-24-22-20-18-17-19-21-23-25-27-29-31-33-35-37-39-41-44-48-52-56-60-64-68-79-73(78)67-63-59-55-51-45-14-12-10-8-6-4-2/h17,19,70-71,75-76H,3-16,18,20-69H2,1-2H3,(H,74,77)/b19-17-. The Morgan fingerprint density at radius 3 is 0.899 bits per heavy atom. The van der Waals surface area contributed by atoms with Gasteiger partial charge in [-0.15, -0.1) is 0 Å². The first-order chi connectivity index (χ1) is 39.0. The lowest BCUT2D eigenvalue weighted by molar-refractivity contribution is -0.143. The predicted molar refractivity (Wildman–Crippen MR) is 347 cm³/mol. The highest BCUT2D eigenvalue weighted by Gasteiger charge is 2.20. The van der Waals surface area contributed by atoms with Gasteiger partial charge in [0.05, 0.1) is 25.4 Å². The topological polar surface area (TPSA) is 95.9 Å². The van der Waals surface area contributed by atoms with Crippen molar-refractivity contribution in [2.24, 2.45) is 0 Å². The number of hydrogen-bond donors (Lipinski definition) is 3. The number of rotatable bonds is 69. The Kier molecular flexibility index (Phi) is 67.9. The number of aliphatic hydroxyl groups is 2. The van der Waals surface area contributed by atoms with Gasteiger partial charge in [0.1, 0.15) is 0 Å². The van der Waals surface area contributed by atoms with E-state index in [0.717, 1.165) is 38.5 Å². The molecule has 3 N–H and O–H groups in total. The van der Waals surface area contributed by atoms with Gasteiger partial charge in [-0.25, -0.2) is 0 Å². The van der Waals surface area contributed by atoms with Gasteiger partial charge in [0.25, 0.3) is 0 Å². The normalized spacial score (nSPS) is 12.5. The number of esters is 1. The third-order valence-electron chi connectivity index (χ3n) is 17.3. The maximum Gasteiger partial charge on any atom is 0.305 e. The van der Waals surface area contributed by atoms with Crippen LogP contribution >= 0.6 is 0 Å². The van der Waals surface area contributed by atoms with Crippen LogP contribution in [0, 0.1) is 0 Å². The Balaban J connectivity index is 3.31. The first-order valence-electron chi connectivity index (χ1n) is 36.4. The zero-order chi connectivity index (χ0) is 57.1. The van der Waals surface area contributed by atoms with Crippen LogP contribution in [0.1, 0.15) is 418 Å². The van der Waals surface area contributed by atoms with E-state index in [1.165, 1.54) is 347 Å². The first-order valence-corrected chi connectivity index (χ1v) is 36.4. The van der Waals surface area contributed by atoms with E-state index in [1.54, 1.807) is 0 Å². The Morgan fingerprint density at radius 1 is 0.342 bits per heavy atom. The third-order valence-corrected chi connectivity index (χ3v) is 17.3. The maximum atomic E-state index is 12.5. The summed E-state index contributed by atoms with van der Waals surface area (Å²) in [6.45, 7) is 4.99. The summed E-state index contributed by atoms with van der Waals surface area (Å²) in [4.78, 5) is 24.5. The molecule has 0 aromatic rings. The van der Waals surface area contributed by atoms with Crippen molar-refractivity contribution in [2.75, 3.05) is 13.2 Å². The number of unbranched alkanes of at least 4 members (excludes halogenated alkanes) is 56. The van der Waals surface area contributed by atoms with Crippen molar-refractivity contribution < 1.29 is 24.5 Å². The fourth-order valence-electron chi connectivity index (χ4n) is 11.8. The molecule has 0 bridgehead atoms. The molecule has 2 unspecified atom stereocenters. The summed E-state index contributed by atoms with van der Waals surface area (Å²) >= 11 is 0. The van der Waals surface area contributed by atoms with Gasteiger partial charge >= 0.3 is 5.97 Å². The summed E-state index contributed by atoms with van der Waals surface area (Å²) in [5, 5.41) is 23.3. The smallest absolute Gasteiger partial charge is 0.305 e. The predicted octanol–water partition coefficient (Wildman–Crippen LogP) is 23.5. The lowest BCUT2D eigenvalue weighted by Gasteiger charge is -2.22. The largest absolute Gasteiger partial charge is 0.466 e. The molecule has 0 aliphatic heterocycles. The summed E-state index contributed by atoms with van der Waals surface area (Å²) < 4.78 is 5.48. The van der Waals surface area contributed by atoms with Gasteiger partial charge in [0, 0.05) is 12.8 Å². The highest BCUT2D eigenvalue weighted by molar-refractivity contribution is 5.76. The van der Waals surface area contributed by atoms with Crippen LogP contribution in [-0.4, -0.2) is 47.4 Å². The molecule has 79 heavy (non-hydrogen) atoms. The molecular formula is C73H143NO5. The van der Waals surface area contributed by atoms with E-state index in [-0.39, 0.29) is 18.5 Å². The molecule has 0 saturated heterocycles. The molecule has 0 fully saturated rings. The molecule has 0 saturated carbocycles. The second-order valence-corrected chi connectivity index (χ2v) is 25.3. The number of amides is 1. The Morgan fingerprint density at radius 2 is 0.595 bits per heavy atom. The molecule has 0 spiro atoms. The van der Waals surface area contributed by atoms with Crippen molar-refractivity contribution in [2.45, 2.75) is 431 Å². The molecule has 470 valence electrons. The van der Waals surface area contributed by atoms with Crippen LogP contribution in [0.2, 0.25) is 0 Å². The van der Waals surface area contributed by atoms with E-state index in [4.69, 9.17) is 4.74 Å². The zero-order valence-corrected chi connectivity index (χ0v) is 53.9. The van der Waals surface area contributed by atoms with Gasteiger partial charge in [-0.1, -0.05) is 366 Å². The fourth-order valence-corrected chi connectivity index (χ4v) is 11.8. The summed E-state index contributed by atoms with van der Waals surface area (Å²) in [6.07, 6.45) is 85.7. The fraction of sp³-hybridized carbons (Fsp3) is 0.945. The van der Waals surface area contributed by atoms with Crippen molar-refractivity contribution in [3.8, 4) is 0 Å². The monoisotopic (exact) mass is 1110 g/mol. The van der Waals surface area contributed by atoms with Crippen LogP contribution in [0.3, 0.4) is 0 Å². The quantitative estimate of drug-likeness (QED) is 0.0320. The summed E-state index contributed by atoms with van der Waals surface area (Å²) in [7, 11) is 0. The van der Waals surface area contributed by atoms with Crippen molar-refractivity contribution in [3.63, 3.8) is 0 Å². The third kappa shape index (κ3) is 65.6. The van der Waals surface area contributed by atoms with Crippen LogP contribution in [0.25, 0.3) is 0 Å². The second kappa shape index (κ2) is 69.1. The number of allylic oxidation sites excluding steroid dienone is 2. The lowest BCUT2D eigenvalue weighted by atomic mass is 10.0. The van der Waals surface area contributed by atoms with E-state index in [9.17, 15) is 19.8 Å². The SMILES string of the molecule is CCCCCCCCCCCCCCCCC(O)C(CO)NC(=O)CCCCCCCCCCCCCCCCCCC/C=C\CCCCCCCCCCCCCCCCCCOC(=O)CCCCCCCCCCCCC. The maximum absolute atomic E-state index is 12.5. The molecule has 0 aliphatic carbocycles. The van der Waals surface area contributed by atoms with Gasteiger partial charge in [-0.2, -0.15) is 0 Å². The zero-order valence-electron chi connectivity index (χ0n) is 53.9. The molecule has 2 atom stereocenters. The van der Waals surface area contributed by atoms with E-state index in [2.05, 4.69) is 31.3 Å². The van der Waals surface area contributed by atoms with Gasteiger partial charge in [-0.3, -0.25) is 9.59 Å². The van der Waals surface area contributed by atoms with Crippen LogP contribution in [0.4, 0.5) is 0 Å². The Bertz CT molecular complexity index is 1190. The minimum absolute atomic E-state index is 0.0219. The number of carbonyl (C=O) groups is 2. The molecule has 6 heteroatoms. The van der Waals surface area contributed by atoms with Gasteiger partial charge in [-0.05, 0) is 51.4 Å². The van der Waals surface area contributed by atoms with Crippen molar-refractivity contribution in [3.05, 3.63) is 12.2 Å². The van der Waals surface area contributed by atoms with Crippen LogP contribution in [0.5, 0.6) is 0 Å². The van der Waals surface area contributed by atoms with Crippen molar-refractivity contribution in [1.29, 1.82) is 0 Å². The molecular weight excluding hydrogens is 971 g/mol. The van der Waals surface area contributed by atoms with Crippen LogP contribution in [0.15, 0.2) is 12.2 Å². The molecule has 0 aromatic heterocycles. The van der Waals surface area contributed by atoms with E-state index in [0.29, 0.717) is 25.9 Å². The van der Waals surface area contributed by atoms with Gasteiger partial charge in [0.2, 0.25) is 5.91 Å². The molecule has 1 amide bonds. The number of nitrogens with one attached hydrogen (secondary N) is 1. The van der Waals surface area contributed by atoms with Crippen molar-refractivity contribution >= 4 is 11.9 Å². The Labute approximate surface area is 495 Å². The second-order valence-electron chi connectivity index (χ2n) is 25.3. The lowest BCUT2D eigenvalue weighted by Crippen LogP contribution is -2.45. The average molecular weight is 1110 g/mol. The highest BCUT2D eigenvalue weighted by atomic mass is 16.5. The number of carbonyl (C=O) groups excluding carboxylic acids is 2. The van der Waals surface area contributed by atoms with E-state index >= 15 is 0 Å². The minimum atomic E-state index is -0.660. The molecule has 0 heterocycles. The summed E-state index contributed by atoms with van der Waals surface area (Å²) in [6, 6.07) is -0.537. The molecule has 0 aliphatic rings. The minimum Gasteiger partial charge on any atom is -0.466 e. The number of ether oxygens (including phenoxy) is 1. The van der Waals surface area contributed by atoms with Gasteiger partial charge < -0.3 is 20.3 Å². The number of aliphatic hydroxyl groups excluding tert-OH is 2. The number of hydrogen-bond acceptors (Lipinski definition) is 5. The Hall–Kier alpha value is -1.40.